The molecule has 96 valence electrons. The molecule has 3 nitrogen and oxygen atoms in total. The second-order valence-electron chi connectivity index (χ2n) is 4.82. The van der Waals surface area contributed by atoms with Crippen molar-refractivity contribution in [2.45, 2.75) is 20.4 Å². The van der Waals surface area contributed by atoms with E-state index in [4.69, 9.17) is 5.26 Å². The lowest BCUT2D eigenvalue weighted by Gasteiger charge is -2.20. The summed E-state index contributed by atoms with van der Waals surface area (Å²) in [4.78, 5) is 6.23. The third-order valence-electron chi connectivity index (χ3n) is 3.05. The van der Waals surface area contributed by atoms with Crippen LogP contribution in [0, 0.1) is 25.2 Å². The number of nitrogens with zero attached hydrogens (tertiary/aromatic N) is 3. The number of benzene rings is 1. The average Bonchev–Trinajstić information content (AvgIpc) is 2.38. The Balaban J connectivity index is 2.26. The zero-order valence-electron chi connectivity index (χ0n) is 11.5. The first-order valence-electron chi connectivity index (χ1n) is 6.23. The van der Waals surface area contributed by atoms with Crippen molar-refractivity contribution >= 4 is 5.69 Å². The van der Waals surface area contributed by atoms with Gasteiger partial charge in [-0.25, -0.2) is 4.98 Å². The molecule has 3 heteroatoms. The summed E-state index contributed by atoms with van der Waals surface area (Å²) in [6.45, 7) is 4.86. The molecule has 0 saturated carbocycles. The molecule has 1 aromatic heterocycles. The molecule has 1 aromatic carbocycles. The standard InChI is InChI=1S/C16H17N3/c1-12-7-13(2)9-15(8-12)19(3)11-14-5-4-6-18-16(14)10-17/h4-9H,11H2,1-3H3. The third kappa shape index (κ3) is 3.11. The molecule has 0 spiro atoms. The fourth-order valence-corrected chi connectivity index (χ4v) is 2.18. The molecule has 0 unspecified atom stereocenters. The number of anilines is 1. The van der Waals surface area contributed by atoms with E-state index in [9.17, 15) is 0 Å². The molecule has 0 radical (unpaired) electrons. The molecule has 0 aliphatic carbocycles. The molecular formula is C16H17N3. The Kier molecular flexibility index (Phi) is 3.82. The first-order chi connectivity index (χ1) is 9.10. The van der Waals surface area contributed by atoms with E-state index >= 15 is 0 Å². The topological polar surface area (TPSA) is 39.9 Å². The number of rotatable bonds is 3. The van der Waals surface area contributed by atoms with Crippen LogP contribution in [-0.4, -0.2) is 12.0 Å². The highest BCUT2D eigenvalue weighted by atomic mass is 15.1. The Labute approximate surface area is 114 Å². The summed E-state index contributed by atoms with van der Waals surface area (Å²) in [5, 5.41) is 9.06. The van der Waals surface area contributed by atoms with E-state index in [1.165, 1.54) is 11.1 Å². The molecule has 0 atom stereocenters. The van der Waals surface area contributed by atoms with Crippen LogP contribution in [0.1, 0.15) is 22.4 Å². The second kappa shape index (κ2) is 5.53. The maximum atomic E-state index is 9.06. The largest absolute Gasteiger partial charge is 0.370 e. The summed E-state index contributed by atoms with van der Waals surface area (Å²) >= 11 is 0. The summed E-state index contributed by atoms with van der Waals surface area (Å²) in [6.07, 6.45) is 1.65. The van der Waals surface area contributed by atoms with E-state index in [1.807, 2.05) is 19.2 Å². The van der Waals surface area contributed by atoms with Gasteiger partial charge in [0, 0.05) is 31.0 Å². The zero-order valence-corrected chi connectivity index (χ0v) is 11.5. The molecule has 0 saturated heterocycles. The Bertz CT molecular complexity index is 606. The highest BCUT2D eigenvalue weighted by Crippen LogP contribution is 2.20. The van der Waals surface area contributed by atoms with Gasteiger partial charge in [-0.1, -0.05) is 12.1 Å². The predicted molar refractivity (Wildman–Crippen MR) is 77.0 cm³/mol. The monoisotopic (exact) mass is 251 g/mol. The minimum absolute atomic E-state index is 0.499. The number of aryl methyl sites for hydroxylation is 2. The Morgan fingerprint density at radius 2 is 1.89 bits per heavy atom. The number of pyridine rings is 1. The van der Waals surface area contributed by atoms with E-state index in [0.717, 1.165) is 11.3 Å². The van der Waals surface area contributed by atoms with Crippen molar-refractivity contribution < 1.29 is 0 Å². The minimum Gasteiger partial charge on any atom is -0.370 e. The van der Waals surface area contributed by atoms with Crippen molar-refractivity contribution in [2.24, 2.45) is 0 Å². The first-order valence-corrected chi connectivity index (χ1v) is 6.23. The lowest BCUT2D eigenvalue weighted by molar-refractivity contribution is 0.907. The lowest BCUT2D eigenvalue weighted by Crippen LogP contribution is -2.17. The predicted octanol–water partition coefficient (Wildman–Crippen LogP) is 3.21. The molecule has 19 heavy (non-hydrogen) atoms. The van der Waals surface area contributed by atoms with E-state index < -0.39 is 0 Å². The number of nitriles is 1. The van der Waals surface area contributed by atoms with Crippen LogP contribution in [0.2, 0.25) is 0 Å². The van der Waals surface area contributed by atoms with Gasteiger partial charge in [0.15, 0.2) is 0 Å². The molecular weight excluding hydrogens is 234 g/mol. The number of aromatic nitrogens is 1. The van der Waals surface area contributed by atoms with Crippen LogP contribution in [0.15, 0.2) is 36.5 Å². The highest BCUT2D eigenvalue weighted by Gasteiger charge is 2.07. The molecule has 0 aliphatic heterocycles. The molecule has 0 amide bonds. The quantitative estimate of drug-likeness (QED) is 0.841. The van der Waals surface area contributed by atoms with Gasteiger partial charge in [0.25, 0.3) is 0 Å². The Morgan fingerprint density at radius 1 is 1.21 bits per heavy atom. The zero-order chi connectivity index (χ0) is 13.8. The molecule has 0 aliphatic rings. The summed E-state index contributed by atoms with van der Waals surface area (Å²) in [7, 11) is 2.03. The normalized spacial score (nSPS) is 10.0. The summed E-state index contributed by atoms with van der Waals surface area (Å²) < 4.78 is 0. The summed E-state index contributed by atoms with van der Waals surface area (Å²) in [6, 6.07) is 12.4. The third-order valence-corrected chi connectivity index (χ3v) is 3.05. The Morgan fingerprint density at radius 3 is 2.53 bits per heavy atom. The van der Waals surface area contributed by atoms with E-state index in [1.54, 1.807) is 6.20 Å². The molecule has 2 aromatic rings. The van der Waals surface area contributed by atoms with Crippen LogP contribution in [0.25, 0.3) is 0 Å². The fourth-order valence-electron chi connectivity index (χ4n) is 2.18. The van der Waals surface area contributed by atoms with Crippen LogP contribution < -0.4 is 4.90 Å². The summed E-state index contributed by atoms with van der Waals surface area (Å²) in [5.41, 5.74) is 5.10. The SMILES string of the molecule is Cc1cc(C)cc(N(C)Cc2cccnc2C#N)c1. The van der Waals surface area contributed by atoms with Gasteiger partial charge in [0.1, 0.15) is 11.8 Å². The Hall–Kier alpha value is -2.34. The van der Waals surface area contributed by atoms with E-state index in [-0.39, 0.29) is 0 Å². The van der Waals surface area contributed by atoms with Gasteiger partial charge in [-0.2, -0.15) is 5.26 Å². The van der Waals surface area contributed by atoms with E-state index in [0.29, 0.717) is 12.2 Å². The molecule has 0 N–H and O–H groups in total. The molecule has 1 heterocycles. The molecule has 0 bridgehead atoms. The number of hydrogen-bond acceptors (Lipinski definition) is 3. The number of hydrogen-bond donors (Lipinski definition) is 0. The van der Waals surface area contributed by atoms with Crippen molar-refractivity contribution in [3.8, 4) is 6.07 Å². The van der Waals surface area contributed by atoms with Crippen molar-refractivity contribution in [3.63, 3.8) is 0 Å². The maximum Gasteiger partial charge on any atom is 0.145 e. The lowest BCUT2D eigenvalue weighted by atomic mass is 10.1. The van der Waals surface area contributed by atoms with Crippen LogP contribution in [0.5, 0.6) is 0 Å². The van der Waals surface area contributed by atoms with Gasteiger partial charge in [0.2, 0.25) is 0 Å². The van der Waals surface area contributed by atoms with Crippen LogP contribution >= 0.6 is 0 Å². The molecule has 2 rings (SSSR count). The smallest absolute Gasteiger partial charge is 0.145 e. The molecule has 0 fully saturated rings. The van der Waals surface area contributed by atoms with Gasteiger partial charge in [-0.15, -0.1) is 0 Å². The average molecular weight is 251 g/mol. The van der Waals surface area contributed by atoms with E-state index in [2.05, 4.69) is 48.0 Å². The van der Waals surface area contributed by atoms with Crippen molar-refractivity contribution in [2.75, 3.05) is 11.9 Å². The van der Waals surface area contributed by atoms with Crippen molar-refractivity contribution in [1.82, 2.24) is 4.98 Å². The highest BCUT2D eigenvalue weighted by molar-refractivity contribution is 5.51. The van der Waals surface area contributed by atoms with Crippen LogP contribution in [-0.2, 0) is 6.54 Å². The van der Waals surface area contributed by atoms with Crippen molar-refractivity contribution in [1.29, 1.82) is 5.26 Å². The van der Waals surface area contributed by atoms with Crippen molar-refractivity contribution in [3.05, 3.63) is 58.9 Å². The minimum atomic E-state index is 0.499. The van der Waals surface area contributed by atoms with Crippen LogP contribution in [0.4, 0.5) is 5.69 Å². The van der Waals surface area contributed by atoms with Gasteiger partial charge in [0.05, 0.1) is 0 Å². The van der Waals surface area contributed by atoms with Gasteiger partial charge in [-0.3, -0.25) is 0 Å². The first kappa shape index (κ1) is 13.1. The summed E-state index contributed by atoms with van der Waals surface area (Å²) in [5.74, 6) is 0. The van der Waals surface area contributed by atoms with Gasteiger partial charge >= 0.3 is 0 Å². The van der Waals surface area contributed by atoms with Crippen LogP contribution in [0.3, 0.4) is 0 Å². The second-order valence-corrected chi connectivity index (χ2v) is 4.82. The van der Waals surface area contributed by atoms with Gasteiger partial charge < -0.3 is 4.90 Å². The van der Waals surface area contributed by atoms with Gasteiger partial charge in [-0.05, 0) is 43.2 Å². The fraction of sp³-hybridized carbons (Fsp3) is 0.250. The maximum absolute atomic E-state index is 9.06.